The van der Waals surface area contributed by atoms with Crippen LogP contribution in [-0.2, 0) is 26.0 Å². The Bertz CT molecular complexity index is 967. The van der Waals surface area contributed by atoms with Crippen LogP contribution in [0.2, 0.25) is 0 Å². The minimum atomic E-state index is -0.890. The van der Waals surface area contributed by atoms with Crippen LogP contribution in [0.4, 0.5) is 4.79 Å². The molecule has 2 aliphatic rings. The fraction of sp³-hybridized carbons (Fsp3) is 0.481. The number of imide groups is 1. The van der Waals surface area contributed by atoms with E-state index in [1.807, 2.05) is 0 Å². The van der Waals surface area contributed by atoms with Crippen molar-refractivity contribution >= 4 is 11.9 Å². The molecule has 0 saturated carbocycles. The molecule has 0 unspecified atom stereocenters. The van der Waals surface area contributed by atoms with Gasteiger partial charge in [0.15, 0.2) is 6.10 Å². The van der Waals surface area contributed by atoms with Gasteiger partial charge in [0.25, 0.3) is 5.91 Å². The van der Waals surface area contributed by atoms with E-state index in [0.717, 1.165) is 16.0 Å². The molecule has 2 aromatic carbocycles. The van der Waals surface area contributed by atoms with Gasteiger partial charge >= 0.3 is 6.03 Å². The zero-order valence-electron chi connectivity index (χ0n) is 20.4. The zero-order valence-corrected chi connectivity index (χ0v) is 20.4. The third-order valence-corrected chi connectivity index (χ3v) is 6.96. The average molecular weight is 435 g/mol. The molecular weight excluding hydrogens is 400 g/mol. The van der Waals surface area contributed by atoms with Gasteiger partial charge in [-0.2, -0.15) is 0 Å². The van der Waals surface area contributed by atoms with E-state index < -0.39 is 17.7 Å². The first-order chi connectivity index (χ1) is 14.8. The first-order valence-electron chi connectivity index (χ1n) is 11.2. The van der Waals surface area contributed by atoms with Gasteiger partial charge in [0.2, 0.25) is 0 Å². The topological polar surface area (TPSA) is 49.9 Å². The molecule has 0 radical (unpaired) electrons. The lowest BCUT2D eigenvalue weighted by atomic mass is 9.70. The van der Waals surface area contributed by atoms with Crippen LogP contribution in [0.5, 0.6) is 0 Å². The van der Waals surface area contributed by atoms with E-state index in [1.54, 1.807) is 11.9 Å². The summed E-state index contributed by atoms with van der Waals surface area (Å²) in [7, 11) is 3.27. The molecule has 0 N–H and O–H groups in total. The van der Waals surface area contributed by atoms with E-state index in [9.17, 15) is 9.59 Å². The summed E-state index contributed by atoms with van der Waals surface area (Å²) >= 11 is 0. The van der Waals surface area contributed by atoms with Crippen molar-refractivity contribution < 1.29 is 14.3 Å². The van der Waals surface area contributed by atoms with Crippen molar-refractivity contribution in [2.75, 3.05) is 14.1 Å². The molecule has 2 heterocycles. The van der Waals surface area contributed by atoms with Crippen LogP contribution in [0, 0.1) is 0 Å². The van der Waals surface area contributed by atoms with Gasteiger partial charge in [0.1, 0.15) is 11.6 Å². The number of carbonyl (C=O) groups is 2. The molecule has 0 spiro atoms. The van der Waals surface area contributed by atoms with Crippen molar-refractivity contribution in [3.05, 3.63) is 70.8 Å². The van der Waals surface area contributed by atoms with Gasteiger partial charge in [0, 0.05) is 14.1 Å². The minimum absolute atomic E-state index is 0.0271. The number of amides is 3. The molecule has 3 amide bonds. The molecule has 32 heavy (non-hydrogen) atoms. The quantitative estimate of drug-likeness (QED) is 0.681. The Morgan fingerprint density at radius 2 is 1.16 bits per heavy atom. The number of benzene rings is 2. The number of nitrogens with zero attached hydrogens (tertiary/aromatic N) is 2. The largest absolute Gasteiger partial charge is 0.348 e. The van der Waals surface area contributed by atoms with Crippen LogP contribution in [0.1, 0.15) is 63.8 Å². The van der Waals surface area contributed by atoms with E-state index in [1.165, 1.54) is 18.2 Å². The average Bonchev–Trinajstić information content (AvgIpc) is 2.70. The van der Waals surface area contributed by atoms with Gasteiger partial charge in [-0.3, -0.25) is 9.69 Å². The number of carbonyl (C=O) groups excluding carboxylic acids is 2. The summed E-state index contributed by atoms with van der Waals surface area (Å²) < 4.78 is 6.47. The molecule has 4 rings (SSSR count). The van der Waals surface area contributed by atoms with Crippen LogP contribution in [0.3, 0.4) is 0 Å². The number of urea groups is 1. The highest BCUT2D eigenvalue weighted by Crippen LogP contribution is 2.52. The molecule has 2 saturated heterocycles. The summed E-state index contributed by atoms with van der Waals surface area (Å²) in [4.78, 5) is 28.4. The highest BCUT2D eigenvalue weighted by Gasteiger charge is 2.66. The monoisotopic (exact) mass is 434 g/mol. The van der Waals surface area contributed by atoms with Crippen LogP contribution in [-0.4, -0.2) is 48.0 Å². The van der Waals surface area contributed by atoms with Gasteiger partial charge in [-0.05, 0) is 33.1 Å². The van der Waals surface area contributed by atoms with Gasteiger partial charge in [-0.1, -0.05) is 90.1 Å². The Morgan fingerprint density at radius 1 is 0.750 bits per heavy atom. The predicted molar refractivity (Wildman–Crippen MR) is 126 cm³/mol. The standard InChI is InChI=1S/C27H34N2O3/c1-25(2,3)17-9-13-19(14-10-17)27(20-15-11-18(12-16-20)26(4,5)6)22-21(32-27)23(30)29(8)24(31)28(22)7/h9-16,21-22H,1-8H3/t21-,22-/m1/s1. The predicted octanol–water partition coefficient (Wildman–Crippen LogP) is 4.82. The van der Waals surface area contributed by atoms with Gasteiger partial charge in [-0.15, -0.1) is 0 Å². The molecular formula is C27H34N2O3. The smallest absolute Gasteiger partial charge is 0.326 e. The molecule has 0 aliphatic carbocycles. The Hall–Kier alpha value is -2.66. The number of rotatable bonds is 2. The van der Waals surface area contributed by atoms with E-state index in [4.69, 9.17) is 4.74 Å². The first kappa shape index (κ1) is 22.5. The minimum Gasteiger partial charge on any atom is -0.348 e. The molecule has 5 nitrogen and oxygen atoms in total. The summed E-state index contributed by atoms with van der Waals surface area (Å²) in [6.07, 6.45) is -0.674. The van der Waals surface area contributed by atoms with E-state index in [2.05, 4.69) is 90.1 Å². The van der Waals surface area contributed by atoms with E-state index in [-0.39, 0.29) is 22.8 Å². The summed E-state index contributed by atoms with van der Waals surface area (Å²) in [6.45, 7) is 13.1. The van der Waals surface area contributed by atoms with Crippen LogP contribution >= 0.6 is 0 Å². The van der Waals surface area contributed by atoms with Crippen LogP contribution in [0.15, 0.2) is 48.5 Å². The summed E-state index contributed by atoms with van der Waals surface area (Å²) in [5, 5.41) is 0. The maximum absolute atomic E-state index is 12.8. The molecule has 2 atom stereocenters. The number of ether oxygens (including phenoxy) is 1. The van der Waals surface area contributed by atoms with Gasteiger partial charge < -0.3 is 9.64 Å². The van der Waals surface area contributed by atoms with E-state index in [0.29, 0.717) is 0 Å². The second kappa shape index (κ2) is 7.17. The first-order valence-corrected chi connectivity index (χ1v) is 11.2. The van der Waals surface area contributed by atoms with Crippen molar-refractivity contribution in [2.24, 2.45) is 0 Å². The summed E-state index contributed by atoms with van der Waals surface area (Å²) in [5.74, 6) is -0.286. The number of fused-ring (bicyclic) bond motifs is 1. The highest BCUT2D eigenvalue weighted by atomic mass is 16.6. The lowest BCUT2D eigenvalue weighted by molar-refractivity contribution is -0.247. The normalized spacial score (nSPS) is 23.1. The fourth-order valence-corrected chi connectivity index (χ4v) is 4.86. The van der Waals surface area contributed by atoms with Gasteiger partial charge in [-0.25, -0.2) is 4.79 Å². The maximum Gasteiger partial charge on any atom is 0.326 e. The van der Waals surface area contributed by atoms with E-state index >= 15 is 0 Å². The fourth-order valence-electron chi connectivity index (χ4n) is 4.86. The van der Waals surface area contributed by atoms with Crippen molar-refractivity contribution in [3.63, 3.8) is 0 Å². The van der Waals surface area contributed by atoms with Crippen LogP contribution in [0.25, 0.3) is 0 Å². The molecule has 170 valence electrons. The third kappa shape index (κ3) is 3.25. The number of hydrogen-bond acceptors (Lipinski definition) is 3. The maximum atomic E-state index is 12.8. The number of likely N-dealkylation sites (N-methyl/N-ethyl adjacent to an activating group) is 2. The summed E-state index contributed by atoms with van der Waals surface area (Å²) in [6, 6.07) is 16.1. The Morgan fingerprint density at radius 3 is 1.53 bits per heavy atom. The molecule has 2 fully saturated rings. The van der Waals surface area contributed by atoms with Gasteiger partial charge in [0.05, 0.1) is 0 Å². The molecule has 0 aromatic heterocycles. The van der Waals surface area contributed by atoms with Crippen molar-refractivity contribution in [2.45, 2.75) is 70.1 Å². The SMILES string of the molecule is CN1C(=O)[C@@H]2OC(c3ccc(C(C)(C)C)cc3)(c3ccc(C(C)(C)C)cc3)[C@@H]2N(C)C1=O. The Kier molecular flexibility index (Phi) is 5.05. The molecule has 2 aliphatic heterocycles. The van der Waals surface area contributed by atoms with Crippen molar-refractivity contribution in [1.29, 1.82) is 0 Å². The second-order valence-electron chi connectivity index (χ2n) is 11.2. The third-order valence-electron chi connectivity index (χ3n) is 6.96. The second-order valence-corrected chi connectivity index (χ2v) is 11.2. The number of hydrogen-bond donors (Lipinski definition) is 0. The molecule has 5 heteroatoms. The van der Waals surface area contributed by atoms with Crippen molar-refractivity contribution in [1.82, 2.24) is 9.80 Å². The Balaban J connectivity index is 1.85. The van der Waals surface area contributed by atoms with Crippen LogP contribution < -0.4 is 0 Å². The Labute approximate surface area is 191 Å². The summed E-state index contributed by atoms with van der Waals surface area (Å²) in [5.41, 5.74) is 3.51. The highest BCUT2D eigenvalue weighted by molar-refractivity contribution is 6.00. The molecule has 2 aromatic rings. The molecule has 0 bridgehead atoms. The van der Waals surface area contributed by atoms with Crippen molar-refractivity contribution in [3.8, 4) is 0 Å². The lowest BCUT2D eigenvalue weighted by Gasteiger charge is -2.60. The zero-order chi connectivity index (χ0) is 23.6. The lowest BCUT2D eigenvalue weighted by Crippen LogP contribution is -2.77.